The molecule has 2 amide bonds. The third kappa shape index (κ3) is 5.24. The zero-order valence-electron chi connectivity index (χ0n) is 16.5. The van der Waals surface area contributed by atoms with Crippen LogP contribution >= 0.6 is 11.6 Å². The minimum absolute atomic E-state index is 0.0957. The van der Waals surface area contributed by atoms with Gasteiger partial charge in [-0.2, -0.15) is 5.10 Å². The van der Waals surface area contributed by atoms with Crippen LogP contribution in [0.3, 0.4) is 0 Å². The third-order valence-electron chi connectivity index (χ3n) is 4.49. The van der Waals surface area contributed by atoms with Crippen LogP contribution in [0.2, 0.25) is 0 Å². The molecule has 1 heterocycles. The molecule has 0 saturated heterocycles. The van der Waals surface area contributed by atoms with Gasteiger partial charge in [0.05, 0.1) is 17.9 Å². The summed E-state index contributed by atoms with van der Waals surface area (Å²) in [5.41, 5.74) is 2.13. The van der Waals surface area contributed by atoms with E-state index in [0.717, 1.165) is 5.56 Å². The highest BCUT2D eigenvalue weighted by Gasteiger charge is 2.18. The van der Waals surface area contributed by atoms with Gasteiger partial charge in [0.2, 0.25) is 11.8 Å². The quantitative estimate of drug-likeness (QED) is 0.549. The number of likely N-dealkylation sites (N-methyl/N-ethyl adjacent to an activating group) is 1. The third-order valence-corrected chi connectivity index (χ3v) is 4.68. The molecule has 0 fully saturated rings. The van der Waals surface area contributed by atoms with Gasteiger partial charge in [0.1, 0.15) is 11.6 Å². The van der Waals surface area contributed by atoms with E-state index in [1.807, 2.05) is 30.3 Å². The summed E-state index contributed by atoms with van der Waals surface area (Å²) in [5, 5.41) is 7.40. The van der Waals surface area contributed by atoms with Crippen LogP contribution in [0.1, 0.15) is 13.3 Å². The first-order valence-corrected chi connectivity index (χ1v) is 10.1. The SMILES string of the molecule is CCN(CC(=O)Nc1cc(-c2ccccc2)nn1-c1ccc(F)cc1)C(=O)CCCl. The molecule has 3 aromatic rings. The normalized spacial score (nSPS) is 10.6. The van der Waals surface area contributed by atoms with Crippen LogP contribution in [-0.2, 0) is 9.59 Å². The molecule has 8 heteroatoms. The summed E-state index contributed by atoms with van der Waals surface area (Å²) in [6, 6.07) is 17.1. The lowest BCUT2D eigenvalue weighted by atomic mass is 10.1. The van der Waals surface area contributed by atoms with Gasteiger partial charge in [0.25, 0.3) is 0 Å². The molecule has 0 aliphatic heterocycles. The lowest BCUT2D eigenvalue weighted by Gasteiger charge is -2.20. The highest BCUT2D eigenvalue weighted by molar-refractivity contribution is 6.19. The second-order valence-electron chi connectivity index (χ2n) is 6.56. The van der Waals surface area contributed by atoms with Gasteiger partial charge in [-0.25, -0.2) is 9.07 Å². The molecular weight excluding hydrogens is 407 g/mol. The lowest BCUT2D eigenvalue weighted by Crippen LogP contribution is -2.38. The van der Waals surface area contributed by atoms with Gasteiger partial charge in [0.15, 0.2) is 0 Å². The number of rotatable bonds is 8. The zero-order valence-corrected chi connectivity index (χ0v) is 17.3. The molecule has 30 heavy (non-hydrogen) atoms. The van der Waals surface area contributed by atoms with Gasteiger partial charge >= 0.3 is 0 Å². The van der Waals surface area contributed by atoms with Gasteiger partial charge in [-0.1, -0.05) is 30.3 Å². The summed E-state index contributed by atoms with van der Waals surface area (Å²) in [6.45, 7) is 2.10. The van der Waals surface area contributed by atoms with E-state index in [1.54, 1.807) is 25.1 Å². The van der Waals surface area contributed by atoms with Crippen LogP contribution in [0.25, 0.3) is 16.9 Å². The van der Waals surface area contributed by atoms with Gasteiger partial charge < -0.3 is 10.2 Å². The topological polar surface area (TPSA) is 67.2 Å². The maximum Gasteiger partial charge on any atom is 0.245 e. The van der Waals surface area contributed by atoms with E-state index >= 15 is 0 Å². The minimum atomic E-state index is -0.365. The van der Waals surface area contributed by atoms with Gasteiger partial charge in [-0.05, 0) is 31.2 Å². The van der Waals surface area contributed by atoms with E-state index in [0.29, 0.717) is 23.7 Å². The Kier molecular flexibility index (Phi) is 7.19. The molecule has 0 radical (unpaired) electrons. The molecule has 6 nitrogen and oxygen atoms in total. The minimum Gasteiger partial charge on any atom is -0.334 e. The fraction of sp³-hybridized carbons (Fsp3) is 0.227. The molecule has 0 saturated carbocycles. The van der Waals surface area contributed by atoms with Crippen molar-refractivity contribution in [1.29, 1.82) is 0 Å². The highest BCUT2D eigenvalue weighted by atomic mass is 35.5. The molecule has 0 aliphatic rings. The van der Waals surface area contributed by atoms with Crippen molar-refractivity contribution in [2.24, 2.45) is 0 Å². The van der Waals surface area contributed by atoms with Crippen LogP contribution < -0.4 is 5.32 Å². The van der Waals surface area contributed by atoms with E-state index in [9.17, 15) is 14.0 Å². The maximum absolute atomic E-state index is 13.4. The molecule has 0 bridgehead atoms. The summed E-state index contributed by atoms with van der Waals surface area (Å²) >= 11 is 5.64. The van der Waals surface area contributed by atoms with E-state index in [-0.39, 0.29) is 36.5 Å². The Morgan fingerprint density at radius 1 is 1.13 bits per heavy atom. The van der Waals surface area contributed by atoms with E-state index in [4.69, 9.17) is 11.6 Å². The number of amides is 2. The first kappa shape index (κ1) is 21.5. The fourth-order valence-electron chi connectivity index (χ4n) is 2.97. The number of hydrogen-bond acceptors (Lipinski definition) is 3. The predicted molar refractivity (Wildman–Crippen MR) is 115 cm³/mol. The Bertz CT molecular complexity index is 1010. The van der Waals surface area contributed by atoms with Gasteiger partial charge in [-0.3, -0.25) is 9.59 Å². The number of benzene rings is 2. The van der Waals surface area contributed by atoms with Crippen molar-refractivity contribution in [3.63, 3.8) is 0 Å². The van der Waals surface area contributed by atoms with Crippen LogP contribution in [0, 0.1) is 5.82 Å². The van der Waals surface area contributed by atoms with E-state index in [1.165, 1.54) is 21.7 Å². The van der Waals surface area contributed by atoms with Crippen molar-refractivity contribution in [2.75, 3.05) is 24.3 Å². The average Bonchev–Trinajstić information content (AvgIpc) is 3.17. The molecular formula is C22H22ClFN4O2. The first-order valence-electron chi connectivity index (χ1n) is 9.56. The molecule has 2 aromatic carbocycles. The molecule has 156 valence electrons. The number of hydrogen-bond donors (Lipinski definition) is 1. The Balaban J connectivity index is 1.88. The van der Waals surface area contributed by atoms with Crippen LogP contribution in [-0.4, -0.2) is 45.5 Å². The Morgan fingerprint density at radius 3 is 2.47 bits per heavy atom. The number of carbonyl (C=O) groups is 2. The van der Waals surface area contributed by atoms with Gasteiger partial charge in [-0.15, -0.1) is 11.6 Å². The Labute approximate surface area is 179 Å². The monoisotopic (exact) mass is 428 g/mol. The summed E-state index contributed by atoms with van der Waals surface area (Å²) in [6.07, 6.45) is 0.175. The summed E-state index contributed by atoms with van der Waals surface area (Å²) in [5.74, 6) is -0.279. The van der Waals surface area contributed by atoms with Crippen molar-refractivity contribution < 1.29 is 14.0 Å². The number of anilines is 1. The second kappa shape index (κ2) is 10.0. The van der Waals surface area contributed by atoms with Crippen LogP contribution in [0.4, 0.5) is 10.2 Å². The predicted octanol–water partition coefficient (Wildman–Crippen LogP) is 4.09. The fourth-order valence-corrected chi connectivity index (χ4v) is 3.13. The van der Waals surface area contributed by atoms with Gasteiger partial charge in [0, 0.05) is 30.5 Å². The van der Waals surface area contributed by atoms with Crippen molar-refractivity contribution >= 4 is 29.2 Å². The standard InChI is InChI=1S/C22H22ClFN4O2/c1-2-27(22(30)12-13-23)15-21(29)25-20-14-19(16-6-4-3-5-7-16)26-28(20)18-10-8-17(24)9-11-18/h3-11,14H,2,12-13,15H2,1H3,(H,25,29). The number of halogens is 2. The molecule has 1 N–H and O–H groups in total. The zero-order chi connectivity index (χ0) is 21.5. The highest BCUT2D eigenvalue weighted by Crippen LogP contribution is 2.25. The van der Waals surface area contributed by atoms with Crippen molar-refractivity contribution in [3.05, 3.63) is 66.5 Å². The number of nitrogens with one attached hydrogen (secondary N) is 1. The molecule has 0 atom stereocenters. The molecule has 3 rings (SSSR count). The van der Waals surface area contributed by atoms with Crippen LogP contribution in [0.15, 0.2) is 60.7 Å². The molecule has 0 aliphatic carbocycles. The molecule has 0 unspecified atom stereocenters. The molecule has 1 aromatic heterocycles. The first-order chi connectivity index (χ1) is 14.5. The summed E-state index contributed by atoms with van der Waals surface area (Å²) in [7, 11) is 0. The smallest absolute Gasteiger partial charge is 0.245 e. The largest absolute Gasteiger partial charge is 0.334 e. The number of aromatic nitrogens is 2. The number of nitrogens with zero attached hydrogens (tertiary/aromatic N) is 3. The van der Waals surface area contributed by atoms with Crippen LogP contribution in [0.5, 0.6) is 0 Å². The Hall–Kier alpha value is -3.19. The van der Waals surface area contributed by atoms with Crippen molar-refractivity contribution in [3.8, 4) is 16.9 Å². The lowest BCUT2D eigenvalue weighted by molar-refractivity contribution is -0.134. The second-order valence-corrected chi connectivity index (χ2v) is 6.94. The summed E-state index contributed by atoms with van der Waals surface area (Å²) in [4.78, 5) is 26.2. The van der Waals surface area contributed by atoms with E-state index < -0.39 is 0 Å². The maximum atomic E-state index is 13.4. The van der Waals surface area contributed by atoms with Crippen molar-refractivity contribution in [2.45, 2.75) is 13.3 Å². The number of alkyl halides is 1. The van der Waals surface area contributed by atoms with E-state index in [2.05, 4.69) is 10.4 Å². The summed E-state index contributed by atoms with van der Waals surface area (Å²) < 4.78 is 14.9. The molecule has 0 spiro atoms. The average molecular weight is 429 g/mol. The Morgan fingerprint density at radius 2 is 1.83 bits per heavy atom. The van der Waals surface area contributed by atoms with Crippen molar-refractivity contribution in [1.82, 2.24) is 14.7 Å². The number of carbonyl (C=O) groups excluding carboxylic acids is 2.